The van der Waals surface area contributed by atoms with Gasteiger partial charge in [0, 0.05) is 19.6 Å². The van der Waals surface area contributed by atoms with Crippen LogP contribution in [0.15, 0.2) is 23.1 Å². The van der Waals surface area contributed by atoms with Crippen molar-refractivity contribution in [1.29, 1.82) is 0 Å². The molecule has 0 spiro atoms. The molecule has 0 saturated carbocycles. The Morgan fingerprint density at radius 2 is 2.11 bits per heavy atom. The van der Waals surface area contributed by atoms with Gasteiger partial charge in [-0.3, -0.25) is 0 Å². The molecule has 108 valence electrons. The van der Waals surface area contributed by atoms with Crippen LogP contribution in [0.2, 0.25) is 5.02 Å². The Hall–Kier alpha value is -0.730. The van der Waals surface area contributed by atoms with Gasteiger partial charge < -0.3 is 10.4 Å². The summed E-state index contributed by atoms with van der Waals surface area (Å²) in [5, 5.41) is 11.7. The Bertz CT molecular complexity index is 523. The largest absolute Gasteiger partial charge is 0.392 e. The Morgan fingerprint density at radius 3 is 2.68 bits per heavy atom. The molecule has 1 rings (SSSR count). The highest BCUT2D eigenvalue weighted by molar-refractivity contribution is 7.89. The Balaban J connectivity index is 2.56. The van der Waals surface area contributed by atoms with Crippen molar-refractivity contribution in [3.63, 3.8) is 0 Å². The van der Waals surface area contributed by atoms with Crippen molar-refractivity contribution < 1.29 is 17.9 Å². The molecule has 0 aliphatic rings. The molecule has 1 atom stereocenters. The number of hydrogen-bond acceptors (Lipinski definition) is 4. The quantitative estimate of drug-likeness (QED) is 0.649. The van der Waals surface area contributed by atoms with Crippen LogP contribution in [-0.4, -0.2) is 39.3 Å². The smallest absolute Gasteiger partial charge is 0.242 e. The number of hydrogen-bond donors (Lipinski definition) is 3. The lowest BCUT2D eigenvalue weighted by Crippen LogP contribution is -2.34. The summed E-state index contributed by atoms with van der Waals surface area (Å²) in [5.41, 5.74) is 0. The van der Waals surface area contributed by atoms with Crippen LogP contribution >= 0.6 is 11.6 Å². The van der Waals surface area contributed by atoms with Crippen LogP contribution in [-0.2, 0) is 10.0 Å². The number of aliphatic hydroxyl groups excluding tert-OH is 1. The van der Waals surface area contributed by atoms with E-state index in [1.165, 1.54) is 0 Å². The second-order valence-electron chi connectivity index (χ2n) is 4.03. The molecule has 1 aromatic rings. The van der Waals surface area contributed by atoms with Crippen LogP contribution in [0.4, 0.5) is 4.39 Å². The molecule has 5 nitrogen and oxygen atoms in total. The number of sulfonamides is 1. The van der Waals surface area contributed by atoms with Gasteiger partial charge in [-0.2, -0.15) is 0 Å². The molecule has 0 aliphatic carbocycles. The standard InChI is InChI=1S/C11H16ClFN2O3S/c1-8(16)7-14-4-5-15-19(17,18)11-3-2-9(13)6-10(11)12/h2-3,6,8,14-16H,4-5,7H2,1H3. The molecular weight excluding hydrogens is 295 g/mol. The van der Waals surface area contributed by atoms with Crippen molar-refractivity contribution in [3.05, 3.63) is 29.0 Å². The highest BCUT2D eigenvalue weighted by Gasteiger charge is 2.17. The topological polar surface area (TPSA) is 78.4 Å². The molecule has 0 amide bonds. The van der Waals surface area contributed by atoms with E-state index in [9.17, 15) is 12.8 Å². The summed E-state index contributed by atoms with van der Waals surface area (Å²) < 4.78 is 38.9. The second-order valence-corrected chi connectivity index (χ2v) is 6.17. The average molecular weight is 311 g/mol. The maximum Gasteiger partial charge on any atom is 0.242 e. The molecule has 0 heterocycles. The van der Waals surface area contributed by atoms with Crippen molar-refractivity contribution in [3.8, 4) is 0 Å². The first-order valence-electron chi connectivity index (χ1n) is 5.66. The van der Waals surface area contributed by atoms with Crippen LogP contribution in [0.25, 0.3) is 0 Å². The first-order valence-corrected chi connectivity index (χ1v) is 7.52. The van der Waals surface area contributed by atoms with E-state index in [0.717, 1.165) is 18.2 Å². The van der Waals surface area contributed by atoms with Crippen LogP contribution in [0.1, 0.15) is 6.92 Å². The summed E-state index contributed by atoms with van der Waals surface area (Å²) in [5.74, 6) is -0.595. The number of benzene rings is 1. The van der Waals surface area contributed by atoms with Gasteiger partial charge in [0.05, 0.1) is 11.1 Å². The van der Waals surface area contributed by atoms with Crippen molar-refractivity contribution >= 4 is 21.6 Å². The van der Waals surface area contributed by atoms with Gasteiger partial charge in [0.2, 0.25) is 10.0 Å². The molecule has 0 aliphatic heterocycles. The first kappa shape index (κ1) is 16.3. The number of halogens is 2. The summed E-state index contributed by atoms with van der Waals surface area (Å²) in [4.78, 5) is -0.161. The third-order valence-electron chi connectivity index (χ3n) is 2.22. The molecule has 19 heavy (non-hydrogen) atoms. The van der Waals surface area contributed by atoms with E-state index in [1.807, 2.05) is 0 Å². The third kappa shape index (κ3) is 5.42. The molecule has 8 heteroatoms. The van der Waals surface area contributed by atoms with E-state index in [0.29, 0.717) is 13.1 Å². The number of aliphatic hydroxyl groups is 1. The highest BCUT2D eigenvalue weighted by Crippen LogP contribution is 2.21. The first-order chi connectivity index (χ1) is 8.83. The monoisotopic (exact) mass is 310 g/mol. The van der Waals surface area contributed by atoms with Gasteiger partial charge in [0.15, 0.2) is 0 Å². The van der Waals surface area contributed by atoms with Gasteiger partial charge in [0.25, 0.3) is 0 Å². The van der Waals surface area contributed by atoms with Gasteiger partial charge in [-0.1, -0.05) is 11.6 Å². The predicted octanol–water partition coefficient (Wildman–Crippen LogP) is 0.728. The van der Waals surface area contributed by atoms with Gasteiger partial charge >= 0.3 is 0 Å². The fourth-order valence-corrected chi connectivity index (χ4v) is 2.92. The van der Waals surface area contributed by atoms with E-state index in [2.05, 4.69) is 10.0 Å². The molecule has 1 aromatic carbocycles. The van der Waals surface area contributed by atoms with E-state index in [-0.39, 0.29) is 16.5 Å². The van der Waals surface area contributed by atoms with E-state index < -0.39 is 21.9 Å². The minimum absolute atomic E-state index is 0.142. The third-order valence-corrected chi connectivity index (χ3v) is 4.16. The molecule has 0 bridgehead atoms. The summed E-state index contributed by atoms with van der Waals surface area (Å²) in [6.07, 6.45) is -0.497. The van der Waals surface area contributed by atoms with Gasteiger partial charge in [-0.15, -0.1) is 0 Å². The fraction of sp³-hybridized carbons (Fsp3) is 0.455. The Labute approximate surface area is 116 Å². The van der Waals surface area contributed by atoms with Gasteiger partial charge in [0.1, 0.15) is 10.7 Å². The zero-order valence-corrected chi connectivity index (χ0v) is 11.9. The zero-order valence-electron chi connectivity index (χ0n) is 10.4. The lowest BCUT2D eigenvalue weighted by Gasteiger charge is -2.10. The van der Waals surface area contributed by atoms with Crippen LogP contribution in [0.5, 0.6) is 0 Å². The van der Waals surface area contributed by atoms with Crippen molar-refractivity contribution in [2.24, 2.45) is 0 Å². The molecule has 3 N–H and O–H groups in total. The minimum Gasteiger partial charge on any atom is -0.392 e. The Kier molecular flexibility index (Phi) is 6.15. The summed E-state index contributed by atoms with van der Waals surface area (Å²) >= 11 is 5.69. The molecule has 1 unspecified atom stereocenters. The van der Waals surface area contributed by atoms with Gasteiger partial charge in [-0.05, 0) is 25.1 Å². The lowest BCUT2D eigenvalue weighted by molar-refractivity contribution is 0.192. The summed E-state index contributed by atoms with van der Waals surface area (Å²) in [6, 6.07) is 3.09. The summed E-state index contributed by atoms with van der Waals surface area (Å²) in [6.45, 7) is 2.50. The molecule has 0 fully saturated rings. The normalized spacial score (nSPS) is 13.5. The van der Waals surface area contributed by atoms with E-state index in [4.69, 9.17) is 16.7 Å². The van der Waals surface area contributed by atoms with Crippen LogP contribution in [0.3, 0.4) is 0 Å². The minimum atomic E-state index is -3.76. The average Bonchev–Trinajstić information content (AvgIpc) is 2.27. The second kappa shape index (κ2) is 7.16. The van der Waals surface area contributed by atoms with Gasteiger partial charge in [-0.25, -0.2) is 17.5 Å². The molecular formula is C11H16ClFN2O3S. The van der Waals surface area contributed by atoms with Crippen LogP contribution in [0, 0.1) is 5.82 Å². The summed E-state index contributed by atoms with van der Waals surface area (Å²) in [7, 11) is -3.76. The highest BCUT2D eigenvalue weighted by atomic mass is 35.5. The maximum absolute atomic E-state index is 12.8. The molecule has 0 aromatic heterocycles. The Morgan fingerprint density at radius 1 is 1.42 bits per heavy atom. The van der Waals surface area contributed by atoms with Crippen molar-refractivity contribution in [2.45, 2.75) is 17.9 Å². The van der Waals surface area contributed by atoms with Crippen molar-refractivity contribution in [2.75, 3.05) is 19.6 Å². The maximum atomic E-state index is 12.8. The van der Waals surface area contributed by atoms with E-state index in [1.54, 1.807) is 6.92 Å². The number of rotatable bonds is 7. The zero-order chi connectivity index (χ0) is 14.5. The van der Waals surface area contributed by atoms with Crippen molar-refractivity contribution in [1.82, 2.24) is 10.0 Å². The SMILES string of the molecule is CC(O)CNCCNS(=O)(=O)c1ccc(F)cc1Cl. The molecule has 0 saturated heterocycles. The lowest BCUT2D eigenvalue weighted by atomic mass is 10.3. The number of nitrogens with one attached hydrogen (secondary N) is 2. The molecule has 0 radical (unpaired) electrons. The fourth-order valence-electron chi connectivity index (χ4n) is 1.36. The predicted molar refractivity (Wildman–Crippen MR) is 71.1 cm³/mol. The van der Waals surface area contributed by atoms with Crippen LogP contribution < -0.4 is 10.0 Å². The van der Waals surface area contributed by atoms with E-state index >= 15 is 0 Å².